The summed E-state index contributed by atoms with van der Waals surface area (Å²) >= 11 is 0. The molecule has 0 heterocycles. The minimum atomic E-state index is -4.44. The zero-order valence-electron chi connectivity index (χ0n) is 11.0. The fraction of sp³-hybridized carbons (Fsp3) is 0.538. The van der Waals surface area contributed by atoms with Crippen molar-refractivity contribution in [1.29, 1.82) is 0 Å². The summed E-state index contributed by atoms with van der Waals surface area (Å²) in [7, 11) is -4.44. The van der Waals surface area contributed by atoms with E-state index in [1.165, 1.54) is 25.1 Å². The molecule has 6 heteroatoms. The largest absolute Gasteiger partial charge is 0.369 e. The summed E-state index contributed by atoms with van der Waals surface area (Å²) < 4.78 is 54.6. The first-order valence-electron chi connectivity index (χ1n) is 6.17. The molecule has 0 saturated heterocycles. The van der Waals surface area contributed by atoms with Crippen LogP contribution in [-0.2, 0) is 14.3 Å². The molecule has 108 valence electrons. The van der Waals surface area contributed by atoms with Crippen molar-refractivity contribution in [3.05, 3.63) is 29.8 Å². The number of hydrogen-bond acceptors (Lipinski definition) is 3. The molecule has 0 bridgehead atoms. The van der Waals surface area contributed by atoms with Crippen molar-refractivity contribution in [1.82, 2.24) is 0 Å². The van der Waals surface area contributed by atoms with Crippen LogP contribution in [0.5, 0.6) is 0 Å². The van der Waals surface area contributed by atoms with E-state index in [0.717, 1.165) is 6.42 Å². The maximum Gasteiger partial charge on any atom is 0.369 e. The standard InChI is InChI=1S/C13H18F2O3S/c1-3-4-7-10-13(14,15)18-19(16,17)12-9-6-5-8-11(12)2/h5-6,8-9H,3-4,7,10H2,1-2H3. The Morgan fingerprint density at radius 2 is 1.84 bits per heavy atom. The molecule has 0 N–H and O–H groups in total. The number of halogens is 2. The van der Waals surface area contributed by atoms with Crippen molar-refractivity contribution in [3.63, 3.8) is 0 Å². The van der Waals surface area contributed by atoms with Crippen molar-refractivity contribution in [3.8, 4) is 0 Å². The van der Waals surface area contributed by atoms with Crippen LogP contribution in [0.4, 0.5) is 8.78 Å². The van der Waals surface area contributed by atoms with Crippen LogP contribution in [-0.4, -0.2) is 14.5 Å². The Bertz CT molecular complexity index is 512. The number of alkyl halides is 2. The third kappa shape index (κ3) is 4.87. The average molecular weight is 292 g/mol. The molecule has 0 amide bonds. The Labute approximate surface area is 112 Å². The summed E-state index contributed by atoms with van der Waals surface area (Å²) in [6.45, 7) is 3.41. The van der Waals surface area contributed by atoms with Crippen LogP contribution in [0.1, 0.15) is 38.2 Å². The zero-order valence-corrected chi connectivity index (χ0v) is 11.8. The summed E-state index contributed by atoms with van der Waals surface area (Å²) in [5.74, 6) is 0. The monoisotopic (exact) mass is 292 g/mol. The molecule has 0 aliphatic rings. The molecule has 1 rings (SSSR count). The van der Waals surface area contributed by atoms with Crippen LogP contribution in [0, 0.1) is 6.92 Å². The molecule has 0 radical (unpaired) electrons. The molecule has 0 fully saturated rings. The van der Waals surface area contributed by atoms with Crippen molar-refractivity contribution < 1.29 is 21.4 Å². The molecular formula is C13H18F2O3S. The van der Waals surface area contributed by atoms with E-state index in [9.17, 15) is 17.2 Å². The summed E-state index contributed by atoms with van der Waals surface area (Å²) in [5.41, 5.74) is 0.381. The van der Waals surface area contributed by atoms with E-state index in [2.05, 4.69) is 4.18 Å². The van der Waals surface area contributed by atoms with Gasteiger partial charge in [0.25, 0.3) is 0 Å². The minimum absolute atomic E-state index is 0.217. The first kappa shape index (κ1) is 16.0. The van der Waals surface area contributed by atoms with Gasteiger partial charge < -0.3 is 0 Å². The van der Waals surface area contributed by atoms with Crippen molar-refractivity contribution in [2.75, 3.05) is 0 Å². The molecule has 0 unspecified atom stereocenters. The normalized spacial score (nSPS) is 12.6. The molecule has 0 saturated carbocycles. The molecule has 0 aliphatic carbocycles. The van der Waals surface area contributed by atoms with Gasteiger partial charge in [0.2, 0.25) is 0 Å². The number of aryl methyl sites for hydroxylation is 1. The second-order valence-corrected chi connectivity index (χ2v) is 5.91. The van der Waals surface area contributed by atoms with Crippen LogP contribution in [0.3, 0.4) is 0 Å². The van der Waals surface area contributed by atoms with E-state index < -0.39 is 22.6 Å². The fourth-order valence-corrected chi connectivity index (χ4v) is 2.87. The molecule has 0 spiro atoms. The molecule has 1 aromatic carbocycles. The Morgan fingerprint density at radius 3 is 2.42 bits per heavy atom. The van der Waals surface area contributed by atoms with E-state index in [4.69, 9.17) is 0 Å². The third-order valence-electron chi connectivity index (χ3n) is 2.67. The van der Waals surface area contributed by atoms with Crippen LogP contribution < -0.4 is 0 Å². The highest BCUT2D eigenvalue weighted by Crippen LogP contribution is 2.29. The molecule has 1 aromatic rings. The van der Waals surface area contributed by atoms with Crippen LogP contribution in [0.25, 0.3) is 0 Å². The molecule has 0 aromatic heterocycles. The Kier molecular flexibility index (Phi) is 5.43. The number of unbranched alkanes of at least 4 members (excludes halogenated alkanes) is 2. The highest BCUT2D eigenvalue weighted by Gasteiger charge is 2.37. The predicted octanol–water partition coefficient (Wildman–Crippen LogP) is 3.87. The second-order valence-electron chi connectivity index (χ2n) is 4.40. The quantitative estimate of drug-likeness (QED) is 0.566. The lowest BCUT2D eigenvalue weighted by Crippen LogP contribution is -2.25. The number of hydrogen-bond donors (Lipinski definition) is 0. The first-order valence-corrected chi connectivity index (χ1v) is 7.58. The second kappa shape index (κ2) is 6.43. The van der Waals surface area contributed by atoms with E-state index in [1.54, 1.807) is 6.07 Å². The Morgan fingerprint density at radius 1 is 1.21 bits per heavy atom. The minimum Gasteiger partial charge on any atom is -0.197 e. The first-order chi connectivity index (χ1) is 8.78. The highest BCUT2D eigenvalue weighted by atomic mass is 32.2. The average Bonchev–Trinajstić information content (AvgIpc) is 2.28. The Hall–Kier alpha value is -1.01. The van der Waals surface area contributed by atoms with Gasteiger partial charge in [-0.3, -0.25) is 0 Å². The van der Waals surface area contributed by atoms with E-state index in [-0.39, 0.29) is 11.3 Å². The molecule has 0 atom stereocenters. The highest BCUT2D eigenvalue weighted by molar-refractivity contribution is 7.86. The molecular weight excluding hydrogens is 274 g/mol. The van der Waals surface area contributed by atoms with Crippen molar-refractivity contribution in [2.45, 2.75) is 50.5 Å². The van der Waals surface area contributed by atoms with Gasteiger partial charge in [-0.15, -0.1) is 0 Å². The van der Waals surface area contributed by atoms with E-state index in [1.807, 2.05) is 6.92 Å². The van der Waals surface area contributed by atoms with Gasteiger partial charge in [-0.2, -0.15) is 21.4 Å². The lowest BCUT2D eigenvalue weighted by molar-refractivity contribution is -0.177. The predicted molar refractivity (Wildman–Crippen MR) is 68.5 cm³/mol. The van der Waals surface area contributed by atoms with Crippen LogP contribution in [0.2, 0.25) is 0 Å². The van der Waals surface area contributed by atoms with Crippen molar-refractivity contribution >= 4 is 10.1 Å². The van der Waals surface area contributed by atoms with Gasteiger partial charge in [-0.05, 0) is 25.0 Å². The third-order valence-corrected chi connectivity index (χ3v) is 4.13. The Balaban J connectivity index is 2.82. The van der Waals surface area contributed by atoms with Gasteiger partial charge in [0.15, 0.2) is 0 Å². The maximum absolute atomic E-state index is 13.5. The summed E-state index contributed by atoms with van der Waals surface area (Å²) in [5, 5.41) is 0. The van der Waals surface area contributed by atoms with Crippen LogP contribution >= 0.6 is 0 Å². The topological polar surface area (TPSA) is 43.4 Å². The van der Waals surface area contributed by atoms with Gasteiger partial charge in [0, 0.05) is 6.42 Å². The summed E-state index contributed by atoms with van der Waals surface area (Å²) in [6.07, 6.45) is -2.63. The lowest BCUT2D eigenvalue weighted by Gasteiger charge is -2.17. The fourth-order valence-electron chi connectivity index (χ4n) is 1.66. The van der Waals surface area contributed by atoms with Crippen molar-refractivity contribution in [2.24, 2.45) is 0 Å². The van der Waals surface area contributed by atoms with E-state index in [0.29, 0.717) is 12.0 Å². The van der Waals surface area contributed by atoms with Gasteiger partial charge in [-0.1, -0.05) is 38.0 Å². The maximum atomic E-state index is 13.5. The lowest BCUT2D eigenvalue weighted by atomic mass is 10.2. The number of benzene rings is 1. The smallest absolute Gasteiger partial charge is 0.197 e. The van der Waals surface area contributed by atoms with E-state index >= 15 is 0 Å². The molecule has 3 nitrogen and oxygen atoms in total. The van der Waals surface area contributed by atoms with Gasteiger partial charge >= 0.3 is 16.2 Å². The number of rotatable bonds is 7. The summed E-state index contributed by atoms with van der Waals surface area (Å²) in [4.78, 5) is -0.217. The SMILES string of the molecule is CCCCCC(F)(F)OS(=O)(=O)c1ccccc1C. The van der Waals surface area contributed by atoms with Gasteiger partial charge in [0.05, 0.1) is 4.90 Å². The van der Waals surface area contributed by atoms with Gasteiger partial charge in [-0.25, -0.2) is 0 Å². The van der Waals surface area contributed by atoms with Crippen LogP contribution in [0.15, 0.2) is 29.2 Å². The molecule has 0 aliphatic heterocycles. The summed E-state index contributed by atoms with van der Waals surface area (Å²) in [6, 6.07) is 5.89. The zero-order chi connectivity index (χ0) is 14.5. The van der Waals surface area contributed by atoms with Gasteiger partial charge in [0.1, 0.15) is 0 Å². The molecule has 19 heavy (non-hydrogen) atoms.